The topological polar surface area (TPSA) is 29.1 Å². The van der Waals surface area contributed by atoms with Crippen LogP contribution in [-0.2, 0) is 11.2 Å². The number of Topliss-reactive ketones (excluding diaryl/α,β-unsaturated/α-hetero) is 1. The molecule has 0 bridgehead atoms. The van der Waals surface area contributed by atoms with E-state index >= 15 is 0 Å². The summed E-state index contributed by atoms with van der Waals surface area (Å²) in [6, 6.07) is 1.37. The lowest BCUT2D eigenvalue weighted by Gasteiger charge is -2.33. The fraction of sp³-hybridized carbons (Fsp3) is 0.417. The van der Waals surface area contributed by atoms with Gasteiger partial charge in [0.05, 0.1) is 16.2 Å². The second-order valence-electron chi connectivity index (χ2n) is 4.69. The van der Waals surface area contributed by atoms with Crippen molar-refractivity contribution in [3.63, 3.8) is 0 Å². The Kier molecular flexibility index (Phi) is 2.46. The van der Waals surface area contributed by atoms with Crippen LogP contribution in [0.3, 0.4) is 0 Å². The van der Waals surface area contributed by atoms with E-state index < -0.39 is 11.4 Å². The molecule has 1 heterocycles. The third-order valence-corrected chi connectivity index (χ3v) is 3.39. The minimum Gasteiger partial charge on any atom is -0.372 e. The highest BCUT2D eigenvalue weighted by Crippen LogP contribution is 2.37. The monoisotopic (exact) mass is 241 g/mol. The summed E-state index contributed by atoms with van der Waals surface area (Å²) in [5.74, 6) is -0.360. The van der Waals surface area contributed by atoms with Crippen LogP contribution < -0.4 is 5.32 Å². The maximum atomic E-state index is 13.5. The molecule has 1 N–H and O–H groups in total. The average molecular weight is 242 g/mol. The van der Waals surface area contributed by atoms with Gasteiger partial charge in [-0.25, -0.2) is 4.39 Å². The van der Waals surface area contributed by atoms with E-state index in [9.17, 15) is 9.18 Å². The third kappa shape index (κ3) is 1.59. The van der Waals surface area contributed by atoms with Crippen LogP contribution in [0.1, 0.15) is 25.0 Å². The smallest absolute Gasteiger partial charge is 0.162 e. The van der Waals surface area contributed by atoms with E-state index in [1.54, 1.807) is 20.8 Å². The normalized spacial score (nSPS) is 17.9. The summed E-state index contributed by atoms with van der Waals surface area (Å²) in [6.07, 6.45) is 0.307. The number of ketones is 1. The molecule has 0 spiro atoms. The minimum atomic E-state index is -0.684. The van der Waals surface area contributed by atoms with Crippen molar-refractivity contribution >= 4 is 23.1 Å². The number of carbonyl (C=O) groups excluding carboxylic acids is 1. The Bertz CT molecular complexity index is 482. The Morgan fingerprint density at radius 1 is 1.50 bits per heavy atom. The Morgan fingerprint density at radius 2 is 2.12 bits per heavy atom. The van der Waals surface area contributed by atoms with E-state index in [0.29, 0.717) is 12.1 Å². The van der Waals surface area contributed by atoms with Crippen molar-refractivity contribution in [2.75, 3.05) is 5.32 Å². The summed E-state index contributed by atoms with van der Waals surface area (Å²) in [6.45, 7) is 5.33. The van der Waals surface area contributed by atoms with Crippen LogP contribution in [0.15, 0.2) is 6.07 Å². The van der Waals surface area contributed by atoms with Crippen molar-refractivity contribution in [3.8, 4) is 0 Å². The predicted octanol–water partition coefficient (Wildman–Crippen LogP) is 3.10. The van der Waals surface area contributed by atoms with Crippen LogP contribution >= 0.6 is 11.6 Å². The lowest BCUT2D eigenvalue weighted by Crippen LogP contribution is -2.45. The molecule has 0 amide bonds. The van der Waals surface area contributed by atoms with Crippen LogP contribution in [0.4, 0.5) is 10.1 Å². The molecule has 0 fully saturated rings. The molecule has 0 unspecified atom stereocenters. The molecule has 1 aliphatic heterocycles. The van der Waals surface area contributed by atoms with Crippen molar-refractivity contribution in [2.45, 2.75) is 32.7 Å². The SMILES string of the molecule is Cc1cc(F)c(Cl)c2c1CC(=O)C(C)(C)N2. The van der Waals surface area contributed by atoms with E-state index in [2.05, 4.69) is 5.32 Å². The fourth-order valence-corrected chi connectivity index (χ4v) is 2.13. The number of anilines is 1. The Hall–Kier alpha value is -1.09. The highest BCUT2D eigenvalue weighted by Gasteiger charge is 2.35. The Labute approximate surface area is 98.8 Å². The molecule has 0 atom stereocenters. The van der Waals surface area contributed by atoms with Gasteiger partial charge in [-0.3, -0.25) is 4.79 Å². The highest BCUT2D eigenvalue weighted by atomic mass is 35.5. The Morgan fingerprint density at radius 3 is 2.75 bits per heavy atom. The second kappa shape index (κ2) is 3.45. The summed E-state index contributed by atoms with van der Waals surface area (Å²) in [5.41, 5.74) is 1.43. The lowest BCUT2D eigenvalue weighted by molar-refractivity contribution is -0.122. The molecule has 1 aromatic rings. The van der Waals surface area contributed by atoms with Gasteiger partial charge in [-0.05, 0) is 38.0 Å². The molecule has 0 saturated heterocycles. The van der Waals surface area contributed by atoms with Crippen molar-refractivity contribution in [1.82, 2.24) is 0 Å². The zero-order valence-corrected chi connectivity index (χ0v) is 10.2. The fourth-order valence-electron chi connectivity index (χ4n) is 1.91. The van der Waals surface area contributed by atoms with Crippen LogP contribution in [0.2, 0.25) is 5.02 Å². The number of fused-ring (bicyclic) bond motifs is 1. The molecular formula is C12H13ClFNO. The maximum Gasteiger partial charge on any atom is 0.162 e. The molecule has 1 aromatic carbocycles. The second-order valence-corrected chi connectivity index (χ2v) is 5.07. The largest absolute Gasteiger partial charge is 0.372 e. The third-order valence-electron chi connectivity index (χ3n) is 3.02. The molecule has 0 aromatic heterocycles. The number of carbonyl (C=O) groups is 1. The van der Waals surface area contributed by atoms with Crippen LogP contribution in [0, 0.1) is 12.7 Å². The predicted molar refractivity (Wildman–Crippen MR) is 62.6 cm³/mol. The first-order valence-electron chi connectivity index (χ1n) is 5.12. The number of rotatable bonds is 0. The standard InChI is InChI=1S/C12H13ClFNO/c1-6-4-8(14)10(13)11-7(6)5-9(16)12(2,3)15-11/h4,15H,5H2,1-3H3. The summed E-state index contributed by atoms with van der Waals surface area (Å²) < 4.78 is 13.5. The van der Waals surface area contributed by atoms with Crippen LogP contribution in [-0.4, -0.2) is 11.3 Å². The van der Waals surface area contributed by atoms with E-state index in [-0.39, 0.29) is 10.8 Å². The van der Waals surface area contributed by atoms with Gasteiger partial charge in [-0.1, -0.05) is 11.6 Å². The number of hydrogen-bond donors (Lipinski definition) is 1. The van der Waals surface area contributed by atoms with Crippen LogP contribution in [0.25, 0.3) is 0 Å². The Balaban J connectivity index is 2.64. The zero-order valence-electron chi connectivity index (χ0n) is 9.45. The number of aryl methyl sites for hydroxylation is 1. The first-order valence-corrected chi connectivity index (χ1v) is 5.49. The van der Waals surface area contributed by atoms with Gasteiger partial charge in [0.15, 0.2) is 5.78 Å². The molecule has 1 aliphatic rings. The first kappa shape index (κ1) is 11.4. The molecular weight excluding hydrogens is 229 g/mol. The average Bonchev–Trinajstić information content (AvgIpc) is 2.18. The lowest BCUT2D eigenvalue weighted by atomic mass is 9.86. The van der Waals surface area contributed by atoms with E-state index in [1.807, 2.05) is 0 Å². The molecule has 0 radical (unpaired) electrons. The molecule has 2 nitrogen and oxygen atoms in total. The summed E-state index contributed by atoms with van der Waals surface area (Å²) in [4.78, 5) is 11.8. The van der Waals surface area contributed by atoms with E-state index in [0.717, 1.165) is 11.1 Å². The first-order chi connectivity index (χ1) is 7.33. The van der Waals surface area contributed by atoms with Gasteiger partial charge in [0, 0.05) is 6.42 Å². The number of benzene rings is 1. The maximum absolute atomic E-state index is 13.5. The van der Waals surface area contributed by atoms with Crippen molar-refractivity contribution < 1.29 is 9.18 Å². The number of halogens is 2. The summed E-state index contributed by atoms with van der Waals surface area (Å²) in [7, 11) is 0. The van der Waals surface area contributed by atoms with Gasteiger partial charge in [-0.15, -0.1) is 0 Å². The molecule has 86 valence electrons. The quantitative estimate of drug-likeness (QED) is 0.756. The molecule has 0 saturated carbocycles. The van der Waals surface area contributed by atoms with E-state index in [1.165, 1.54) is 6.07 Å². The van der Waals surface area contributed by atoms with Gasteiger partial charge in [0.1, 0.15) is 5.82 Å². The van der Waals surface area contributed by atoms with Crippen LogP contribution in [0.5, 0.6) is 0 Å². The number of hydrogen-bond acceptors (Lipinski definition) is 2. The van der Waals surface area contributed by atoms with Gasteiger partial charge in [-0.2, -0.15) is 0 Å². The summed E-state index contributed by atoms with van der Waals surface area (Å²) >= 11 is 5.91. The molecule has 4 heteroatoms. The minimum absolute atomic E-state index is 0.0705. The van der Waals surface area contributed by atoms with E-state index in [4.69, 9.17) is 11.6 Å². The summed E-state index contributed by atoms with van der Waals surface area (Å²) in [5, 5.41) is 3.08. The highest BCUT2D eigenvalue weighted by molar-refractivity contribution is 6.34. The van der Waals surface area contributed by atoms with Gasteiger partial charge in [0.25, 0.3) is 0 Å². The van der Waals surface area contributed by atoms with Gasteiger partial charge < -0.3 is 5.32 Å². The van der Waals surface area contributed by atoms with Crippen molar-refractivity contribution in [1.29, 1.82) is 0 Å². The van der Waals surface area contributed by atoms with Crippen molar-refractivity contribution in [3.05, 3.63) is 28.0 Å². The van der Waals surface area contributed by atoms with Gasteiger partial charge >= 0.3 is 0 Å². The molecule has 2 rings (SSSR count). The van der Waals surface area contributed by atoms with Crippen molar-refractivity contribution in [2.24, 2.45) is 0 Å². The van der Waals surface area contributed by atoms with Gasteiger partial charge in [0.2, 0.25) is 0 Å². The zero-order chi connectivity index (χ0) is 12.1. The number of nitrogens with one attached hydrogen (secondary N) is 1. The molecule has 0 aliphatic carbocycles. The molecule has 16 heavy (non-hydrogen) atoms.